The van der Waals surface area contributed by atoms with Crippen LogP contribution < -0.4 is 0 Å². The highest BCUT2D eigenvalue weighted by molar-refractivity contribution is 9.10. The molecular weight excluding hydrogens is 286 g/mol. The van der Waals surface area contributed by atoms with Gasteiger partial charge >= 0.3 is 5.97 Å². The first-order valence-corrected chi connectivity index (χ1v) is 5.55. The van der Waals surface area contributed by atoms with Crippen molar-refractivity contribution in [2.75, 3.05) is 6.61 Å². The van der Waals surface area contributed by atoms with Crippen LogP contribution in [0.4, 0.5) is 4.39 Å². The maximum Gasteiger partial charge on any atom is 0.328 e. The number of rotatable bonds is 3. The molecule has 0 fully saturated rings. The number of carbonyl (C=O) groups excluding carboxylic acids is 1. The Kier molecular flexibility index (Phi) is 4.54. The van der Waals surface area contributed by atoms with Crippen LogP contribution in [0.15, 0.2) is 22.7 Å². The largest absolute Gasteiger partial charge is 0.465 e. The van der Waals surface area contributed by atoms with Crippen molar-refractivity contribution in [1.29, 1.82) is 0 Å². The molecule has 15 heavy (non-hydrogen) atoms. The minimum Gasteiger partial charge on any atom is -0.465 e. The normalized spacial score (nSPS) is 12.3. The van der Waals surface area contributed by atoms with Crippen LogP contribution in [-0.2, 0) is 9.53 Å². The molecule has 0 aliphatic heterocycles. The van der Waals surface area contributed by atoms with Crippen molar-refractivity contribution in [2.45, 2.75) is 12.3 Å². The zero-order valence-corrected chi connectivity index (χ0v) is 10.3. The summed E-state index contributed by atoms with van der Waals surface area (Å²) in [6, 6.07) is 4.32. The monoisotopic (exact) mass is 294 g/mol. The lowest BCUT2D eigenvalue weighted by atomic mass is 10.1. The summed E-state index contributed by atoms with van der Waals surface area (Å²) in [5.74, 6) is -1.17. The highest BCUT2D eigenvalue weighted by Crippen LogP contribution is 2.26. The second kappa shape index (κ2) is 5.47. The molecule has 5 heteroatoms. The smallest absolute Gasteiger partial charge is 0.328 e. The van der Waals surface area contributed by atoms with E-state index in [1.807, 2.05) is 0 Å². The number of esters is 1. The molecule has 1 aromatic rings. The van der Waals surface area contributed by atoms with E-state index in [1.54, 1.807) is 13.0 Å². The van der Waals surface area contributed by atoms with Crippen LogP contribution in [0.3, 0.4) is 0 Å². The number of halogens is 3. The highest BCUT2D eigenvalue weighted by Gasteiger charge is 2.22. The number of hydrogen-bond acceptors (Lipinski definition) is 2. The van der Waals surface area contributed by atoms with Crippen LogP contribution in [0.2, 0.25) is 0 Å². The van der Waals surface area contributed by atoms with Gasteiger partial charge in [0.25, 0.3) is 0 Å². The third-order valence-corrected chi connectivity index (χ3v) is 2.64. The summed E-state index contributed by atoms with van der Waals surface area (Å²) in [6.07, 6.45) is 0. The van der Waals surface area contributed by atoms with Gasteiger partial charge in [-0.3, -0.25) is 4.79 Å². The van der Waals surface area contributed by atoms with E-state index in [2.05, 4.69) is 15.9 Å². The lowest BCUT2D eigenvalue weighted by molar-refractivity contribution is -0.142. The fourth-order valence-electron chi connectivity index (χ4n) is 1.05. The Morgan fingerprint density at radius 1 is 1.67 bits per heavy atom. The molecule has 0 aliphatic rings. The van der Waals surface area contributed by atoms with E-state index in [1.165, 1.54) is 12.1 Å². The van der Waals surface area contributed by atoms with Gasteiger partial charge in [0, 0.05) is 10.0 Å². The lowest BCUT2D eigenvalue weighted by Gasteiger charge is -2.09. The second-order valence-electron chi connectivity index (χ2n) is 2.78. The van der Waals surface area contributed by atoms with Crippen LogP contribution in [0.25, 0.3) is 0 Å². The molecule has 1 atom stereocenters. The predicted octanol–water partition coefficient (Wildman–Crippen LogP) is 3.43. The molecule has 0 aromatic heterocycles. The summed E-state index contributed by atoms with van der Waals surface area (Å²) < 4.78 is 18.7. The minimum absolute atomic E-state index is 0.123. The lowest BCUT2D eigenvalue weighted by Crippen LogP contribution is -2.12. The zero-order valence-electron chi connectivity index (χ0n) is 7.97. The topological polar surface area (TPSA) is 26.3 Å². The maximum absolute atomic E-state index is 13.4. The van der Waals surface area contributed by atoms with Gasteiger partial charge in [-0.15, -0.1) is 11.6 Å². The van der Waals surface area contributed by atoms with Crippen LogP contribution >= 0.6 is 27.5 Å². The van der Waals surface area contributed by atoms with Crippen molar-refractivity contribution in [3.8, 4) is 0 Å². The first-order valence-electron chi connectivity index (χ1n) is 4.32. The quantitative estimate of drug-likeness (QED) is 0.631. The molecule has 0 spiro atoms. The van der Waals surface area contributed by atoms with E-state index in [0.717, 1.165) is 0 Å². The first-order chi connectivity index (χ1) is 7.06. The minimum atomic E-state index is -1.10. The summed E-state index contributed by atoms with van der Waals surface area (Å²) in [4.78, 5) is 11.2. The van der Waals surface area contributed by atoms with Gasteiger partial charge in [-0.05, 0) is 19.1 Å². The third-order valence-electron chi connectivity index (χ3n) is 1.73. The average Bonchev–Trinajstić information content (AvgIpc) is 2.17. The molecule has 0 amide bonds. The van der Waals surface area contributed by atoms with Gasteiger partial charge in [-0.1, -0.05) is 22.0 Å². The SMILES string of the molecule is CCOC(=O)[C@@H](Cl)c1ccc(Br)cc1F. The number of hydrogen-bond donors (Lipinski definition) is 0. The van der Waals surface area contributed by atoms with Gasteiger partial charge < -0.3 is 4.74 Å². The van der Waals surface area contributed by atoms with Crippen molar-refractivity contribution in [2.24, 2.45) is 0 Å². The summed E-state index contributed by atoms with van der Waals surface area (Å²) in [5.41, 5.74) is 0.123. The number of carbonyl (C=O) groups is 1. The van der Waals surface area contributed by atoms with Crippen molar-refractivity contribution in [1.82, 2.24) is 0 Å². The van der Waals surface area contributed by atoms with Crippen molar-refractivity contribution in [3.05, 3.63) is 34.1 Å². The summed E-state index contributed by atoms with van der Waals surface area (Å²) >= 11 is 8.88. The first kappa shape index (κ1) is 12.5. The molecule has 0 saturated heterocycles. The van der Waals surface area contributed by atoms with E-state index < -0.39 is 17.2 Å². The molecule has 2 nitrogen and oxygen atoms in total. The van der Waals surface area contributed by atoms with Crippen molar-refractivity contribution in [3.63, 3.8) is 0 Å². The fraction of sp³-hybridized carbons (Fsp3) is 0.300. The van der Waals surface area contributed by atoms with Crippen LogP contribution in [0.1, 0.15) is 17.9 Å². The predicted molar refractivity (Wildman–Crippen MR) is 59.3 cm³/mol. The molecule has 0 N–H and O–H groups in total. The van der Waals surface area contributed by atoms with Crippen LogP contribution in [0, 0.1) is 5.82 Å². The Labute approximate surface area is 101 Å². The molecular formula is C10H9BrClFO2. The molecule has 0 saturated carbocycles. The molecule has 0 radical (unpaired) electrons. The molecule has 0 aliphatic carbocycles. The van der Waals surface area contributed by atoms with E-state index in [-0.39, 0.29) is 12.2 Å². The van der Waals surface area contributed by atoms with Crippen molar-refractivity contribution < 1.29 is 13.9 Å². The Morgan fingerprint density at radius 2 is 2.33 bits per heavy atom. The van der Waals surface area contributed by atoms with E-state index >= 15 is 0 Å². The molecule has 82 valence electrons. The number of ether oxygens (including phenoxy) is 1. The fourth-order valence-corrected chi connectivity index (χ4v) is 1.62. The van der Waals surface area contributed by atoms with E-state index in [0.29, 0.717) is 4.47 Å². The zero-order chi connectivity index (χ0) is 11.4. The third kappa shape index (κ3) is 3.18. The van der Waals surface area contributed by atoms with Crippen LogP contribution in [0.5, 0.6) is 0 Å². The molecule has 0 unspecified atom stereocenters. The highest BCUT2D eigenvalue weighted by atomic mass is 79.9. The summed E-state index contributed by atoms with van der Waals surface area (Å²) in [7, 11) is 0. The molecule has 1 rings (SSSR count). The number of alkyl halides is 1. The molecule has 0 heterocycles. The summed E-state index contributed by atoms with van der Waals surface area (Å²) in [6.45, 7) is 1.89. The standard InChI is InChI=1S/C10H9BrClFO2/c1-2-15-10(14)9(12)7-4-3-6(11)5-8(7)13/h3-5,9H,2H2,1H3/t9-/m0/s1. The van der Waals surface area contributed by atoms with Gasteiger partial charge in [0.15, 0.2) is 5.38 Å². The van der Waals surface area contributed by atoms with E-state index in [9.17, 15) is 9.18 Å². The van der Waals surface area contributed by atoms with Gasteiger partial charge in [0.2, 0.25) is 0 Å². The van der Waals surface area contributed by atoms with Gasteiger partial charge in [-0.2, -0.15) is 0 Å². The Bertz CT molecular complexity index is 370. The molecule has 1 aromatic carbocycles. The second-order valence-corrected chi connectivity index (χ2v) is 4.13. The summed E-state index contributed by atoms with van der Waals surface area (Å²) in [5, 5.41) is -1.10. The maximum atomic E-state index is 13.4. The van der Waals surface area contributed by atoms with E-state index in [4.69, 9.17) is 16.3 Å². The van der Waals surface area contributed by atoms with Crippen molar-refractivity contribution >= 4 is 33.5 Å². The van der Waals surface area contributed by atoms with Gasteiger partial charge in [-0.25, -0.2) is 4.39 Å². The van der Waals surface area contributed by atoms with Crippen LogP contribution in [-0.4, -0.2) is 12.6 Å². The molecule has 0 bridgehead atoms. The van der Waals surface area contributed by atoms with Gasteiger partial charge in [0.1, 0.15) is 5.82 Å². The Morgan fingerprint density at radius 3 is 2.87 bits per heavy atom. The average molecular weight is 296 g/mol. The van der Waals surface area contributed by atoms with Gasteiger partial charge in [0.05, 0.1) is 6.61 Å². The number of benzene rings is 1. The Balaban J connectivity index is 2.91. The Hall–Kier alpha value is -0.610.